The van der Waals surface area contributed by atoms with Gasteiger partial charge in [0.1, 0.15) is 0 Å². The Morgan fingerprint density at radius 2 is 2.56 bits per heavy atom. The fourth-order valence-electron chi connectivity index (χ4n) is 0.526. The Hall–Kier alpha value is -1.12. The third-order valence-electron chi connectivity index (χ3n) is 0.948. The molecule has 3 nitrogen and oxygen atoms in total. The number of methoxy groups -OCH3 is 1. The number of rotatable bonds is 1. The fraction of sp³-hybridized carbons (Fsp3) is 0.167. The van der Waals surface area contributed by atoms with Gasteiger partial charge in [-0.05, 0) is 12.2 Å². The van der Waals surface area contributed by atoms with Crippen molar-refractivity contribution in [2.75, 3.05) is 7.11 Å². The Morgan fingerprint density at radius 3 is 3.00 bits per heavy atom. The van der Waals surface area contributed by atoms with E-state index in [9.17, 15) is 4.79 Å². The van der Waals surface area contributed by atoms with Gasteiger partial charge < -0.3 is 4.74 Å². The van der Waals surface area contributed by atoms with Crippen LogP contribution in [0.2, 0.25) is 0 Å². The number of carbonyl (C=O) groups excluding carboxylic acids is 1. The summed E-state index contributed by atoms with van der Waals surface area (Å²) in [5, 5.41) is 0. The zero-order valence-corrected chi connectivity index (χ0v) is 5.00. The number of nitrogens with zero attached hydrogens (tertiary/aromatic N) is 1. The highest BCUT2D eigenvalue weighted by molar-refractivity contribution is 5.94. The number of ether oxygens (including phenoxy) is 1. The molecule has 0 aliphatic carbocycles. The predicted molar refractivity (Wildman–Crippen MR) is 32.9 cm³/mol. The van der Waals surface area contributed by atoms with E-state index in [1.165, 1.54) is 7.11 Å². The highest BCUT2D eigenvalue weighted by atomic mass is 16.5. The molecule has 1 aliphatic heterocycles. The van der Waals surface area contributed by atoms with Crippen molar-refractivity contribution in [1.29, 1.82) is 0 Å². The number of hydrogen-bond acceptors (Lipinski definition) is 3. The summed E-state index contributed by atoms with van der Waals surface area (Å²) in [6, 6.07) is 0.359. The van der Waals surface area contributed by atoms with Crippen LogP contribution in [-0.2, 0) is 9.53 Å². The first-order valence-electron chi connectivity index (χ1n) is 2.50. The molecule has 1 heterocycles. The van der Waals surface area contributed by atoms with Crippen LogP contribution in [0.15, 0.2) is 17.1 Å². The molecule has 0 unspecified atom stereocenters. The molecular formula is C6H6NO2. The number of carbonyl (C=O) groups is 1. The van der Waals surface area contributed by atoms with Crippen molar-refractivity contribution >= 4 is 12.2 Å². The molecule has 0 saturated carbocycles. The van der Waals surface area contributed by atoms with Crippen molar-refractivity contribution in [2.45, 2.75) is 0 Å². The minimum absolute atomic E-state index is 0.359. The second kappa shape index (κ2) is 2.44. The Bertz CT molecular complexity index is 160. The van der Waals surface area contributed by atoms with Crippen LogP contribution < -0.4 is 0 Å². The molecule has 3 heteroatoms. The lowest BCUT2D eigenvalue weighted by molar-refractivity contribution is -0.137. The van der Waals surface area contributed by atoms with Crippen molar-refractivity contribution in [3.8, 4) is 0 Å². The molecule has 0 fully saturated rings. The number of hydrogen-bond donors (Lipinski definition) is 0. The molecule has 47 valence electrons. The van der Waals surface area contributed by atoms with Gasteiger partial charge in [-0.15, -0.1) is 0 Å². The summed E-state index contributed by atoms with van der Waals surface area (Å²) < 4.78 is 4.39. The molecule has 0 atom stereocenters. The normalized spacial score (nSPS) is 16.6. The van der Waals surface area contributed by atoms with E-state index in [-0.39, 0.29) is 5.97 Å². The van der Waals surface area contributed by atoms with Crippen LogP contribution in [-0.4, -0.2) is 19.3 Å². The van der Waals surface area contributed by atoms with Crippen LogP contribution in [0.4, 0.5) is 0 Å². The van der Waals surface area contributed by atoms with E-state index >= 15 is 0 Å². The van der Waals surface area contributed by atoms with Gasteiger partial charge in [-0.25, -0.2) is 4.79 Å². The van der Waals surface area contributed by atoms with Crippen molar-refractivity contribution < 1.29 is 9.53 Å². The van der Waals surface area contributed by atoms with Crippen molar-refractivity contribution in [3.05, 3.63) is 18.2 Å². The minimum atomic E-state index is -0.389. The van der Waals surface area contributed by atoms with Crippen LogP contribution in [0.1, 0.15) is 0 Å². The fourth-order valence-corrected chi connectivity index (χ4v) is 0.526. The molecule has 0 bridgehead atoms. The molecular weight excluding hydrogens is 118 g/mol. The largest absolute Gasteiger partial charge is 0.467 e. The summed E-state index contributed by atoms with van der Waals surface area (Å²) in [6.07, 6.45) is 4.84. The molecule has 0 amide bonds. The van der Waals surface area contributed by atoms with Crippen LogP contribution >= 0.6 is 0 Å². The standard InChI is InChI=1S/C6H6NO2/c1-9-6(8)5-3-2-4-7-5/h2-4H,1H3. The van der Waals surface area contributed by atoms with E-state index in [1.807, 2.05) is 0 Å². The molecule has 1 rings (SSSR count). The molecule has 0 aromatic heterocycles. The average molecular weight is 124 g/mol. The third-order valence-corrected chi connectivity index (χ3v) is 0.948. The van der Waals surface area contributed by atoms with Gasteiger partial charge >= 0.3 is 5.97 Å². The van der Waals surface area contributed by atoms with Crippen LogP contribution in [0.25, 0.3) is 0 Å². The molecule has 0 spiro atoms. The summed E-state index contributed by atoms with van der Waals surface area (Å²) in [7, 11) is 1.33. The van der Waals surface area contributed by atoms with E-state index in [0.29, 0.717) is 6.04 Å². The Morgan fingerprint density at radius 1 is 1.78 bits per heavy atom. The first-order valence-corrected chi connectivity index (χ1v) is 2.50. The van der Waals surface area contributed by atoms with Crippen LogP contribution in [0, 0.1) is 6.04 Å². The zero-order valence-electron chi connectivity index (χ0n) is 5.00. The maximum absolute atomic E-state index is 10.6. The van der Waals surface area contributed by atoms with E-state index in [1.54, 1.807) is 18.4 Å². The summed E-state index contributed by atoms with van der Waals surface area (Å²) in [5.41, 5.74) is 0. The van der Waals surface area contributed by atoms with E-state index in [0.717, 1.165) is 0 Å². The van der Waals surface area contributed by atoms with Gasteiger partial charge in [0.2, 0.25) is 6.04 Å². The predicted octanol–water partition coefficient (Wildman–Crippen LogP) is 0.332. The Balaban J connectivity index is 2.53. The lowest BCUT2D eigenvalue weighted by Gasteiger charge is -1.97. The molecule has 9 heavy (non-hydrogen) atoms. The number of aliphatic imine (C=N–C) groups is 1. The van der Waals surface area contributed by atoms with Gasteiger partial charge in [0.05, 0.1) is 7.11 Å². The lowest BCUT2D eigenvalue weighted by Crippen LogP contribution is -2.07. The van der Waals surface area contributed by atoms with Crippen LogP contribution in [0.3, 0.4) is 0 Å². The SMILES string of the molecule is COC(=O)[C]1C=CC=N1. The minimum Gasteiger partial charge on any atom is -0.467 e. The summed E-state index contributed by atoms with van der Waals surface area (Å²) in [6.45, 7) is 0. The van der Waals surface area contributed by atoms with Crippen molar-refractivity contribution in [2.24, 2.45) is 4.99 Å². The molecule has 0 N–H and O–H groups in total. The smallest absolute Gasteiger partial charge is 0.341 e. The second-order valence-corrected chi connectivity index (χ2v) is 1.51. The molecule has 0 aromatic carbocycles. The highest BCUT2D eigenvalue weighted by Crippen LogP contribution is 2.09. The Kier molecular flexibility index (Phi) is 1.63. The zero-order chi connectivity index (χ0) is 6.69. The summed E-state index contributed by atoms with van der Waals surface area (Å²) in [4.78, 5) is 14.3. The van der Waals surface area contributed by atoms with Crippen molar-refractivity contribution in [3.63, 3.8) is 0 Å². The van der Waals surface area contributed by atoms with Gasteiger partial charge in [-0.1, -0.05) is 0 Å². The van der Waals surface area contributed by atoms with Crippen molar-refractivity contribution in [1.82, 2.24) is 0 Å². The topological polar surface area (TPSA) is 38.7 Å². The molecule has 0 aromatic rings. The second-order valence-electron chi connectivity index (χ2n) is 1.51. The molecule has 0 saturated heterocycles. The van der Waals surface area contributed by atoms with Gasteiger partial charge in [0, 0.05) is 6.21 Å². The van der Waals surface area contributed by atoms with Gasteiger partial charge in [0.25, 0.3) is 0 Å². The number of allylic oxidation sites excluding steroid dienone is 1. The first-order chi connectivity index (χ1) is 4.34. The monoisotopic (exact) mass is 124 g/mol. The maximum atomic E-state index is 10.6. The van der Waals surface area contributed by atoms with Gasteiger partial charge in [0.15, 0.2) is 0 Å². The van der Waals surface area contributed by atoms with E-state index in [2.05, 4.69) is 9.73 Å². The Labute approximate surface area is 53.0 Å². The van der Waals surface area contributed by atoms with Gasteiger partial charge in [-0.2, -0.15) is 0 Å². The first kappa shape index (κ1) is 6.01. The third kappa shape index (κ3) is 1.16. The summed E-state index contributed by atoms with van der Waals surface area (Å²) >= 11 is 0. The number of esters is 1. The molecule has 1 radical (unpaired) electrons. The van der Waals surface area contributed by atoms with E-state index in [4.69, 9.17) is 0 Å². The van der Waals surface area contributed by atoms with E-state index < -0.39 is 0 Å². The van der Waals surface area contributed by atoms with Crippen LogP contribution in [0.5, 0.6) is 0 Å². The highest BCUT2D eigenvalue weighted by Gasteiger charge is 2.16. The van der Waals surface area contributed by atoms with Gasteiger partial charge in [-0.3, -0.25) is 4.99 Å². The lowest BCUT2D eigenvalue weighted by atomic mass is 10.3. The maximum Gasteiger partial charge on any atom is 0.341 e. The quantitative estimate of drug-likeness (QED) is 0.472. The summed E-state index contributed by atoms with van der Waals surface area (Å²) in [5.74, 6) is -0.389. The molecule has 1 aliphatic rings. The average Bonchev–Trinajstić information content (AvgIpc) is 2.37.